The molecule has 0 aromatic rings. The Labute approximate surface area is 80.7 Å². The van der Waals surface area contributed by atoms with Crippen molar-refractivity contribution in [2.45, 2.75) is 19.8 Å². The van der Waals surface area contributed by atoms with Gasteiger partial charge in [0, 0.05) is 6.42 Å². The van der Waals surface area contributed by atoms with Crippen LogP contribution in [0.1, 0.15) is 19.8 Å². The van der Waals surface area contributed by atoms with Crippen LogP contribution >= 0.6 is 11.8 Å². The third-order valence-electron chi connectivity index (χ3n) is 1.62. The van der Waals surface area contributed by atoms with E-state index in [-0.39, 0.29) is 0 Å². The Morgan fingerprint density at radius 2 is 2.33 bits per heavy atom. The van der Waals surface area contributed by atoms with Crippen molar-refractivity contribution in [3.8, 4) is 12.3 Å². The quantitative estimate of drug-likeness (QED) is 0.481. The third-order valence-corrected chi connectivity index (χ3v) is 2.52. The van der Waals surface area contributed by atoms with E-state index in [2.05, 4.69) is 24.4 Å². The molecule has 0 heterocycles. The van der Waals surface area contributed by atoms with E-state index in [0.29, 0.717) is 0 Å². The molecule has 1 nitrogen and oxygen atoms in total. The van der Waals surface area contributed by atoms with E-state index in [4.69, 9.17) is 6.42 Å². The van der Waals surface area contributed by atoms with Crippen molar-refractivity contribution in [1.82, 2.24) is 5.32 Å². The van der Waals surface area contributed by atoms with Gasteiger partial charge >= 0.3 is 0 Å². The largest absolute Gasteiger partial charge is 0.316 e. The summed E-state index contributed by atoms with van der Waals surface area (Å²) in [4.78, 5) is 0. The molecule has 0 aliphatic carbocycles. The molecule has 0 fully saturated rings. The molecular formula is C10H19NS. The lowest BCUT2D eigenvalue weighted by atomic mass is 10.2. The zero-order valence-electron chi connectivity index (χ0n) is 8.10. The Morgan fingerprint density at radius 1 is 1.58 bits per heavy atom. The third kappa shape index (κ3) is 7.97. The van der Waals surface area contributed by atoms with Gasteiger partial charge in [-0.05, 0) is 37.4 Å². The second-order valence-corrected chi connectivity index (χ2v) is 3.98. The minimum Gasteiger partial charge on any atom is -0.316 e. The van der Waals surface area contributed by atoms with Crippen LogP contribution in [-0.2, 0) is 0 Å². The normalized spacial score (nSPS) is 12.4. The van der Waals surface area contributed by atoms with Crippen molar-refractivity contribution in [3.05, 3.63) is 0 Å². The summed E-state index contributed by atoms with van der Waals surface area (Å²) in [6.07, 6.45) is 9.28. The first kappa shape index (κ1) is 11.9. The van der Waals surface area contributed by atoms with Gasteiger partial charge in [0.05, 0.1) is 0 Å². The van der Waals surface area contributed by atoms with Crippen LogP contribution in [0.15, 0.2) is 0 Å². The molecule has 12 heavy (non-hydrogen) atoms. The molecule has 1 N–H and O–H groups in total. The van der Waals surface area contributed by atoms with Gasteiger partial charge in [-0.3, -0.25) is 0 Å². The summed E-state index contributed by atoms with van der Waals surface area (Å²) in [5.41, 5.74) is 0. The minimum atomic E-state index is 0.769. The fourth-order valence-electron chi connectivity index (χ4n) is 1.01. The lowest BCUT2D eigenvalue weighted by molar-refractivity contribution is 0.552. The molecule has 70 valence electrons. The first-order valence-electron chi connectivity index (χ1n) is 4.44. The summed E-state index contributed by atoms with van der Waals surface area (Å²) in [5, 5.41) is 3.40. The van der Waals surface area contributed by atoms with E-state index in [1.165, 1.54) is 5.75 Å². The van der Waals surface area contributed by atoms with Crippen LogP contribution < -0.4 is 5.32 Å². The highest BCUT2D eigenvalue weighted by Gasteiger charge is 1.98. The molecule has 2 heteroatoms. The van der Waals surface area contributed by atoms with Crippen molar-refractivity contribution in [2.75, 3.05) is 25.1 Å². The van der Waals surface area contributed by atoms with Gasteiger partial charge in [-0.1, -0.05) is 6.92 Å². The van der Waals surface area contributed by atoms with Crippen LogP contribution in [-0.4, -0.2) is 25.1 Å². The summed E-state index contributed by atoms with van der Waals surface area (Å²) in [5.74, 6) is 4.64. The average molecular weight is 185 g/mol. The Morgan fingerprint density at radius 3 is 2.92 bits per heavy atom. The lowest BCUT2D eigenvalue weighted by Gasteiger charge is -2.09. The molecule has 1 unspecified atom stereocenters. The second-order valence-electron chi connectivity index (χ2n) is 3.07. The highest BCUT2D eigenvalue weighted by atomic mass is 32.2. The molecule has 0 saturated heterocycles. The molecule has 1 atom stereocenters. The molecule has 0 spiro atoms. The molecule has 0 radical (unpaired) electrons. The molecule has 0 aliphatic rings. The SMILES string of the molecule is C#CCCCNCC(C)CSC. The lowest BCUT2D eigenvalue weighted by Crippen LogP contribution is -2.23. The van der Waals surface area contributed by atoms with Gasteiger partial charge in [0.2, 0.25) is 0 Å². The van der Waals surface area contributed by atoms with Crippen LogP contribution in [0.5, 0.6) is 0 Å². The fraction of sp³-hybridized carbons (Fsp3) is 0.800. The molecule has 0 rings (SSSR count). The smallest absolute Gasteiger partial charge is 0.00981 e. The van der Waals surface area contributed by atoms with E-state index in [1.807, 2.05) is 11.8 Å². The Hall–Kier alpha value is -0.130. The molecule has 0 aliphatic heterocycles. The maximum absolute atomic E-state index is 5.14. The zero-order valence-corrected chi connectivity index (χ0v) is 8.91. The van der Waals surface area contributed by atoms with E-state index in [9.17, 15) is 0 Å². The van der Waals surface area contributed by atoms with Gasteiger partial charge in [0.1, 0.15) is 0 Å². The van der Waals surface area contributed by atoms with E-state index in [0.717, 1.165) is 31.8 Å². The van der Waals surface area contributed by atoms with Crippen molar-refractivity contribution >= 4 is 11.8 Å². The Balaban J connectivity index is 3.04. The monoisotopic (exact) mass is 185 g/mol. The van der Waals surface area contributed by atoms with Gasteiger partial charge in [-0.15, -0.1) is 12.3 Å². The van der Waals surface area contributed by atoms with Crippen molar-refractivity contribution in [1.29, 1.82) is 0 Å². The maximum Gasteiger partial charge on any atom is 0.00981 e. The molecule has 0 bridgehead atoms. The molecule has 0 amide bonds. The van der Waals surface area contributed by atoms with Crippen molar-refractivity contribution in [3.63, 3.8) is 0 Å². The first-order valence-corrected chi connectivity index (χ1v) is 5.83. The Bertz CT molecular complexity index is 128. The number of rotatable bonds is 7. The highest BCUT2D eigenvalue weighted by molar-refractivity contribution is 7.98. The molecule has 0 aromatic carbocycles. The predicted octanol–water partition coefficient (Wildman–Crippen LogP) is 1.99. The summed E-state index contributed by atoms with van der Waals surface area (Å²) in [6.45, 7) is 4.44. The standard InChI is InChI=1S/C10H19NS/c1-4-5-6-7-11-8-10(2)9-12-3/h1,10-11H,5-9H2,2-3H3. The van der Waals surface area contributed by atoms with E-state index >= 15 is 0 Å². The summed E-state index contributed by atoms with van der Waals surface area (Å²) < 4.78 is 0. The second kappa shape index (κ2) is 8.96. The van der Waals surface area contributed by atoms with Crippen LogP contribution in [0.2, 0.25) is 0 Å². The number of terminal acetylenes is 1. The summed E-state index contributed by atoms with van der Waals surface area (Å²) in [7, 11) is 0. The molecule has 0 aromatic heterocycles. The van der Waals surface area contributed by atoms with Gasteiger partial charge < -0.3 is 5.32 Å². The number of thioether (sulfide) groups is 1. The number of nitrogens with one attached hydrogen (secondary N) is 1. The predicted molar refractivity (Wildman–Crippen MR) is 58.5 cm³/mol. The van der Waals surface area contributed by atoms with Crippen LogP contribution in [0.4, 0.5) is 0 Å². The number of unbranched alkanes of at least 4 members (excludes halogenated alkanes) is 1. The Kier molecular flexibility index (Phi) is 8.86. The van der Waals surface area contributed by atoms with E-state index in [1.54, 1.807) is 0 Å². The van der Waals surface area contributed by atoms with E-state index < -0.39 is 0 Å². The number of hydrogen-bond acceptors (Lipinski definition) is 2. The van der Waals surface area contributed by atoms with Gasteiger partial charge in [0.15, 0.2) is 0 Å². The topological polar surface area (TPSA) is 12.0 Å². The number of hydrogen-bond donors (Lipinski definition) is 1. The van der Waals surface area contributed by atoms with Gasteiger partial charge in [0.25, 0.3) is 0 Å². The first-order chi connectivity index (χ1) is 5.81. The van der Waals surface area contributed by atoms with Gasteiger partial charge in [-0.25, -0.2) is 0 Å². The van der Waals surface area contributed by atoms with Gasteiger partial charge in [-0.2, -0.15) is 11.8 Å². The molecular weight excluding hydrogens is 166 g/mol. The van der Waals surface area contributed by atoms with Crippen molar-refractivity contribution in [2.24, 2.45) is 5.92 Å². The maximum atomic E-state index is 5.14. The average Bonchev–Trinajstić information content (AvgIpc) is 2.05. The highest BCUT2D eigenvalue weighted by Crippen LogP contribution is 2.02. The summed E-state index contributed by atoms with van der Waals surface area (Å²) in [6, 6.07) is 0. The van der Waals surface area contributed by atoms with Crippen LogP contribution in [0.3, 0.4) is 0 Å². The molecule has 0 saturated carbocycles. The summed E-state index contributed by atoms with van der Waals surface area (Å²) >= 11 is 1.91. The fourth-order valence-corrected chi connectivity index (χ4v) is 1.69. The zero-order chi connectivity index (χ0) is 9.23. The minimum absolute atomic E-state index is 0.769. The van der Waals surface area contributed by atoms with Crippen LogP contribution in [0, 0.1) is 18.3 Å². The van der Waals surface area contributed by atoms with Crippen molar-refractivity contribution < 1.29 is 0 Å². The van der Waals surface area contributed by atoms with Crippen LogP contribution in [0.25, 0.3) is 0 Å².